The summed E-state index contributed by atoms with van der Waals surface area (Å²) < 4.78 is 12.0. The Balaban J connectivity index is 1.71. The van der Waals surface area contributed by atoms with Gasteiger partial charge < -0.3 is 15.0 Å². The molecule has 1 atom stereocenters. The average molecular weight is 352 g/mol. The molecular weight excluding hydrogens is 334 g/mol. The van der Waals surface area contributed by atoms with E-state index in [0.717, 1.165) is 28.4 Å². The van der Waals surface area contributed by atoms with Crippen LogP contribution in [-0.2, 0) is 4.74 Å². The van der Waals surface area contributed by atoms with Gasteiger partial charge in [-0.2, -0.15) is 4.98 Å². The van der Waals surface area contributed by atoms with Gasteiger partial charge in [0.25, 0.3) is 5.89 Å². The van der Waals surface area contributed by atoms with E-state index >= 15 is 0 Å². The predicted octanol–water partition coefficient (Wildman–Crippen LogP) is 3.38. The van der Waals surface area contributed by atoms with Crippen molar-refractivity contribution in [3.05, 3.63) is 34.1 Å². The topological polar surface area (TPSA) is 74.2 Å². The van der Waals surface area contributed by atoms with Crippen molar-refractivity contribution in [2.45, 2.75) is 38.3 Å². The van der Waals surface area contributed by atoms with E-state index in [9.17, 15) is 0 Å². The number of halogens is 1. The zero-order chi connectivity index (χ0) is 14.8. The van der Waals surface area contributed by atoms with E-state index in [-0.39, 0.29) is 6.04 Å². The number of aromatic nitrogens is 2. The number of nitrogens with two attached hydrogens (primary N) is 1. The lowest BCUT2D eigenvalue weighted by molar-refractivity contribution is -0.00549. The first-order valence-corrected chi connectivity index (χ1v) is 7.90. The molecule has 5 nitrogen and oxygen atoms in total. The minimum absolute atomic E-state index is 0.351. The van der Waals surface area contributed by atoms with E-state index < -0.39 is 0 Å². The van der Waals surface area contributed by atoms with E-state index in [4.69, 9.17) is 15.0 Å². The Labute approximate surface area is 132 Å². The van der Waals surface area contributed by atoms with Crippen molar-refractivity contribution < 1.29 is 9.26 Å². The number of aryl methyl sites for hydroxylation is 1. The second kappa shape index (κ2) is 6.25. The fraction of sp³-hybridized carbons (Fsp3) is 0.467. The molecule has 1 aliphatic rings. The van der Waals surface area contributed by atoms with Gasteiger partial charge in [-0.15, -0.1) is 0 Å². The fourth-order valence-electron chi connectivity index (χ4n) is 2.17. The largest absolute Gasteiger partial charge is 0.376 e. The summed E-state index contributed by atoms with van der Waals surface area (Å²) in [6.45, 7) is 2.44. The molecule has 112 valence electrons. The molecule has 1 aliphatic carbocycles. The lowest BCUT2D eigenvalue weighted by Crippen LogP contribution is -2.27. The van der Waals surface area contributed by atoms with Crippen LogP contribution in [0.25, 0.3) is 11.5 Å². The van der Waals surface area contributed by atoms with Gasteiger partial charge in [0.2, 0.25) is 0 Å². The molecule has 0 amide bonds. The molecule has 21 heavy (non-hydrogen) atoms. The van der Waals surface area contributed by atoms with Crippen LogP contribution in [0, 0.1) is 6.92 Å². The van der Waals surface area contributed by atoms with E-state index in [2.05, 4.69) is 26.1 Å². The molecule has 0 aliphatic heterocycles. The summed E-state index contributed by atoms with van der Waals surface area (Å²) >= 11 is 3.45. The summed E-state index contributed by atoms with van der Waals surface area (Å²) in [5.74, 6) is 0.978. The molecule has 1 heterocycles. The molecule has 6 heteroatoms. The summed E-state index contributed by atoms with van der Waals surface area (Å²) in [5.41, 5.74) is 8.05. The van der Waals surface area contributed by atoms with Gasteiger partial charge >= 0.3 is 0 Å². The number of ether oxygens (including phenoxy) is 1. The lowest BCUT2D eigenvalue weighted by Gasteiger charge is -2.26. The lowest BCUT2D eigenvalue weighted by atomic mass is 9.96. The molecule has 0 radical (unpaired) electrons. The molecule has 2 aromatic rings. The Hall–Kier alpha value is -1.24. The van der Waals surface area contributed by atoms with Crippen molar-refractivity contribution in [3.63, 3.8) is 0 Å². The highest BCUT2D eigenvalue weighted by Crippen LogP contribution is 2.27. The maximum atomic E-state index is 6.06. The number of rotatable bonds is 5. The first kappa shape index (κ1) is 14.7. The highest BCUT2D eigenvalue weighted by atomic mass is 79.9. The van der Waals surface area contributed by atoms with Crippen LogP contribution in [-0.4, -0.2) is 22.9 Å². The van der Waals surface area contributed by atoms with E-state index in [1.165, 1.54) is 6.42 Å². The smallest absolute Gasteiger partial charge is 0.258 e. The van der Waals surface area contributed by atoms with E-state index in [1.807, 2.05) is 25.1 Å². The fourth-order valence-corrected chi connectivity index (χ4v) is 2.53. The van der Waals surface area contributed by atoms with Gasteiger partial charge in [0.15, 0.2) is 5.82 Å². The molecule has 1 fully saturated rings. The first-order chi connectivity index (χ1) is 10.1. The highest BCUT2D eigenvalue weighted by molar-refractivity contribution is 9.10. The standard InChI is InChI=1S/C15H18BrN3O2/c1-9-5-6-10(16)7-12(9)15-18-14(19-21-15)13(17)8-20-11-3-2-4-11/h5-7,11,13H,2-4,8,17H2,1H3. The van der Waals surface area contributed by atoms with Crippen molar-refractivity contribution in [2.75, 3.05) is 6.61 Å². The zero-order valence-corrected chi connectivity index (χ0v) is 13.5. The molecule has 0 bridgehead atoms. The average Bonchev–Trinajstić information content (AvgIpc) is 2.89. The monoisotopic (exact) mass is 351 g/mol. The summed E-state index contributed by atoms with van der Waals surface area (Å²) in [7, 11) is 0. The van der Waals surface area contributed by atoms with Crippen molar-refractivity contribution in [3.8, 4) is 11.5 Å². The normalized spacial score (nSPS) is 16.7. The summed E-state index contributed by atoms with van der Waals surface area (Å²) in [4.78, 5) is 4.40. The van der Waals surface area contributed by atoms with Gasteiger partial charge in [-0.25, -0.2) is 0 Å². The Kier molecular flexibility index (Phi) is 4.37. The van der Waals surface area contributed by atoms with Crippen LogP contribution in [0.2, 0.25) is 0 Å². The highest BCUT2D eigenvalue weighted by Gasteiger charge is 2.22. The van der Waals surface area contributed by atoms with Gasteiger partial charge in [-0.1, -0.05) is 27.2 Å². The second-order valence-electron chi connectivity index (χ2n) is 5.41. The second-order valence-corrected chi connectivity index (χ2v) is 6.33. The van der Waals surface area contributed by atoms with Crippen LogP contribution in [0.5, 0.6) is 0 Å². The van der Waals surface area contributed by atoms with Crippen molar-refractivity contribution in [1.29, 1.82) is 0 Å². The maximum absolute atomic E-state index is 6.06. The van der Waals surface area contributed by atoms with Gasteiger partial charge in [0, 0.05) is 10.0 Å². The Bertz CT molecular complexity index is 625. The van der Waals surface area contributed by atoms with Crippen LogP contribution in [0.15, 0.2) is 27.2 Å². The quantitative estimate of drug-likeness (QED) is 0.893. The minimum Gasteiger partial charge on any atom is -0.376 e. The Morgan fingerprint density at radius 1 is 1.48 bits per heavy atom. The third kappa shape index (κ3) is 3.33. The molecule has 1 unspecified atom stereocenters. The number of hydrogen-bond acceptors (Lipinski definition) is 5. The van der Waals surface area contributed by atoms with Crippen LogP contribution in [0.4, 0.5) is 0 Å². The Morgan fingerprint density at radius 2 is 2.29 bits per heavy atom. The molecular formula is C15H18BrN3O2. The molecule has 0 saturated heterocycles. The number of hydrogen-bond donors (Lipinski definition) is 1. The minimum atomic E-state index is -0.351. The first-order valence-electron chi connectivity index (χ1n) is 7.11. The molecule has 1 aromatic carbocycles. The zero-order valence-electron chi connectivity index (χ0n) is 11.9. The molecule has 1 saturated carbocycles. The molecule has 3 rings (SSSR count). The van der Waals surface area contributed by atoms with Crippen LogP contribution in [0.1, 0.15) is 36.7 Å². The van der Waals surface area contributed by atoms with Crippen molar-refractivity contribution in [1.82, 2.24) is 10.1 Å². The van der Waals surface area contributed by atoms with Gasteiger partial charge in [-0.3, -0.25) is 0 Å². The van der Waals surface area contributed by atoms with E-state index in [1.54, 1.807) is 0 Å². The third-order valence-corrected chi connectivity index (χ3v) is 4.26. The van der Waals surface area contributed by atoms with Crippen LogP contribution >= 0.6 is 15.9 Å². The SMILES string of the molecule is Cc1ccc(Br)cc1-c1nc(C(N)COC2CCC2)no1. The van der Waals surface area contributed by atoms with Gasteiger partial charge in [0.1, 0.15) is 0 Å². The van der Waals surface area contributed by atoms with Gasteiger partial charge in [0.05, 0.1) is 18.8 Å². The number of benzene rings is 1. The maximum Gasteiger partial charge on any atom is 0.258 e. The van der Waals surface area contributed by atoms with Gasteiger partial charge in [-0.05, 0) is 43.9 Å². The third-order valence-electron chi connectivity index (χ3n) is 3.77. The van der Waals surface area contributed by atoms with Crippen molar-refractivity contribution >= 4 is 15.9 Å². The summed E-state index contributed by atoms with van der Waals surface area (Å²) in [5, 5.41) is 3.98. The van der Waals surface area contributed by atoms with Crippen LogP contribution in [0.3, 0.4) is 0 Å². The molecule has 0 spiro atoms. The molecule has 2 N–H and O–H groups in total. The van der Waals surface area contributed by atoms with Crippen molar-refractivity contribution in [2.24, 2.45) is 5.73 Å². The number of nitrogens with zero attached hydrogens (tertiary/aromatic N) is 2. The Morgan fingerprint density at radius 3 is 3.00 bits per heavy atom. The summed E-state index contributed by atoms with van der Waals surface area (Å²) in [6.07, 6.45) is 3.85. The van der Waals surface area contributed by atoms with E-state index in [0.29, 0.717) is 24.4 Å². The van der Waals surface area contributed by atoms with Crippen LogP contribution < -0.4 is 5.73 Å². The predicted molar refractivity (Wildman–Crippen MR) is 82.7 cm³/mol. The molecule has 1 aromatic heterocycles. The summed E-state index contributed by atoms with van der Waals surface area (Å²) in [6, 6.07) is 5.59.